The molecular weight excluding hydrogens is 450 g/mol. The number of aromatic nitrogens is 3. The van der Waals surface area contributed by atoms with E-state index in [0.717, 1.165) is 0 Å². The van der Waals surface area contributed by atoms with Crippen LogP contribution in [0.4, 0.5) is 10.6 Å². The van der Waals surface area contributed by atoms with Crippen LogP contribution in [0.25, 0.3) is 5.69 Å². The first-order valence-electron chi connectivity index (χ1n) is 10.9. The van der Waals surface area contributed by atoms with E-state index in [-0.39, 0.29) is 17.4 Å². The molecule has 3 aromatic rings. The summed E-state index contributed by atoms with van der Waals surface area (Å²) < 4.78 is 8.92. The minimum absolute atomic E-state index is 0.0428. The molecule has 3 heterocycles. The van der Waals surface area contributed by atoms with Gasteiger partial charge in [0.1, 0.15) is 28.7 Å². The quantitative estimate of drug-likeness (QED) is 0.520. The van der Waals surface area contributed by atoms with Crippen molar-refractivity contribution in [3.8, 4) is 11.4 Å². The zero-order chi connectivity index (χ0) is 24.9. The van der Waals surface area contributed by atoms with Crippen LogP contribution < -0.4 is 26.2 Å². The molecule has 3 N–H and O–H groups in total. The molecule has 0 saturated heterocycles. The Hall–Kier alpha value is -4.67. The smallest absolute Gasteiger partial charge is 0.320 e. The number of carbonyl (C=O) groups excluding carboxylic acids is 2. The summed E-state index contributed by atoms with van der Waals surface area (Å²) in [7, 11) is 3.25. The zero-order valence-corrected chi connectivity index (χ0v) is 19.5. The Labute approximate surface area is 201 Å². The lowest BCUT2D eigenvalue weighted by Gasteiger charge is -2.15. The topological polar surface area (TPSA) is 132 Å². The van der Waals surface area contributed by atoms with Crippen LogP contribution in [0.1, 0.15) is 22.5 Å². The number of pyridine rings is 1. The summed E-state index contributed by atoms with van der Waals surface area (Å²) in [6.07, 6.45) is 3.68. The normalized spacial score (nSPS) is 12.9. The summed E-state index contributed by atoms with van der Waals surface area (Å²) in [5, 5.41) is 7.75. The van der Waals surface area contributed by atoms with Crippen molar-refractivity contribution in [1.82, 2.24) is 25.0 Å². The Kier molecular flexibility index (Phi) is 6.76. The molecule has 35 heavy (non-hydrogen) atoms. The second-order valence-corrected chi connectivity index (χ2v) is 7.70. The van der Waals surface area contributed by atoms with Crippen molar-refractivity contribution >= 4 is 23.6 Å². The summed E-state index contributed by atoms with van der Waals surface area (Å²) in [6.45, 7) is 2.19. The summed E-state index contributed by atoms with van der Waals surface area (Å²) in [4.78, 5) is 45.9. The van der Waals surface area contributed by atoms with E-state index in [4.69, 9.17) is 4.74 Å². The maximum absolute atomic E-state index is 13.0. The largest absolute Gasteiger partial charge is 0.460 e. The van der Waals surface area contributed by atoms with Crippen LogP contribution in [0.5, 0.6) is 5.75 Å². The number of benzene rings is 1. The number of dihydropyridines is 1. The summed E-state index contributed by atoms with van der Waals surface area (Å²) in [5.74, 6) is 1.21. The molecule has 0 radical (unpaired) electrons. The number of amides is 3. The van der Waals surface area contributed by atoms with Gasteiger partial charge in [-0.2, -0.15) is 0 Å². The molecule has 0 spiro atoms. The first-order valence-corrected chi connectivity index (χ1v) is 10.9. The lowest BCUT2D eigenvalue weighted by Crippen LogP contribution is -2.37. The number of ether oxygens (including phenoxy) is 1. The average Bonchev–Trinajstić information content (AvgIpc) is 3.08. The SMILES string of the molecule is CNC(=O)NC1=NCCC(Oc2ccc(NC(=O)c3c(C)n(C)n(-c4ccccc4)c3=O)nc2)=C1. The Bertz CT molecular complexity index is 1370. The molecular formula is C24H25N7O4. The van der Waals surface area contributed by atoms with E-state index in [2.05, 4.69) is 25.9 Å². The number of hydrogen-bond acceptors (Lipinski definition) is 6. The van der Waals surface area contributed by atoms with Crippen LogP contribution in [0.3, 0.4) is 0 Å². The molecule has 3 amide bonds. The molecule has 0 saturated carbocycles. The molecule has 0 atom stereocenters. The van der Waals surface area contributed by atoms with Gasteiger partial charge < -0.3 is 15.4 Å². The van der Waals surface area contributed by atoms with E-state index in [0.29, 0.717) is 41.7 Å². The first kappa shape index (κ1) is 23.5. The van der Waals surface area contributed by atoms with Crippen LogP contribution >= 0.6 is 0 Å². The van der Waals surface area contributed by atoms with Gasteiger partial charge in [-0.1, -0.05) is 18.2 Å². The predicted octanol–water partition coefficient (Wildman–Crippen LogP) is 2.13. The molecule has 11 heteroatoms. The van der Waals surface area contributed by atoms with E-state index in [1.807, 2.05) is 18.2 Å². The van der Waals surface area contributed by atoms with Crippen molar-refractivity contribution in [3.63, 3.8) is 0 Å². The Morgan fingerprint density at radius 2 is 1.86 bits per heavy atom. The average molecular weight is 476 g/mol. The Morgan fingerprint density at radius 1 is 1.09 bits per heavy atom. The number of urea groups is 1. The molecule has 1 aliphatic heterocycles. The van der Waals surface area contributed by atoms with E-state index < -0.39 is 11.5 Å². The molecule has 1 aliphatic rings. The number of carbonyl (C=O) groups is 2. The summed E-state index contributed by atoms with van der Waals surface area (Å²) in [5.41, 5.74) is 0.822. The van der Waals surface area contributed by atoms with Gasteiger partial charge in [-0.25, -0.2) is 14.5 Å². The molecule has 0 unspecified atom stereocenters. The number of nitrogens with zero attached hydrogens (tertiary/aromatic N) is 4. The molecule has 11 nitrogen and oxygen atoms in total. The second-order valence-electron chi connectivity index (χ2n) is 7.70. The standard InChI is InChI=1S/C24H25N7O4/c1-15-21(23(33)31(30(15)3)16-7-5-4-6-8-16)22(32)28-19-10-9-18(14-27-19)35-17-11-12-26-20(13-17)29-24(34)25-2/h4-10,13-14H,11-12H2,1-3H3,(H,27,28,32)(H2,25,26,29,34). The van der Waals surface area contributed by atoms with Crippen LogP contribution in [-0.2, 0) is 7.05 Å². The molecule has 0 fully saturated rings. The molecule has 0 aliphatic carbocycles. The third-order valence-corrected chi connectivity index (χ3v) is 5.41. The van der Waals surface area contributed by atoms with Crippen molar-refractivity contribution in [3.05, 3.63) is 82.1 Å². The van der Waals surface area contributed by atoms with Gasteiger partial charge >= 0.3 is 6.03 Å². The minimum Gasteiger partial charge on any atom is -0.460 e. The Balaban J connectivity index is 1.46. The van der Waals surface area contributed by atoms with E-state index in [1.165, 1.54) is 17.9 Å². The van der Waals surface area contributed by atoms with E-state index in [1.54, 1.807) is 49.0 Å². The van der Waals surface area contributed by atoms with Gasteiger partial charge in [0.15, 0.2) is 0 Å². The molecule has 180 valence electrons. The van der Waals surface area contributed by atoms with E-state index >= 15 is 0 Å². The highest BCUT2D eigenvalue weighted by atomic mass is 16.5. The second kappa shape index (κ2) is 10.1. The van der Waals surface area contributed by atoms with Gasteiger partial charge in [-0.15, -0.1) is 0 Å². The molecule has 1 aromatic carbocycles. The highest BCUT2D eigenvalue weighted by Gasteiger charge is 2.22. The third kappa shape index (κ3) is 5.13. The van der Waals surface area contributed by atoms with Crippen LogP contribution in [-0.4, -0.2) is 45.7 Å². The fourth-order valence-electron chi connectivity index (χ4n) is 3.57. The monoisotopic (exact) mass is 475 g/mol. The van der Waals surface area contributed by atoms with Crippen molar-refractivity contribution < 1.29 is 14.3 Å². The number of aliphatic imine (C=N–C) groups is 1. The van der Waals surface area contributed by atoms with Crippen molar-refractivity contribution in [1.29, 1.82) is 0 Å². The number of anilines is 1. The Morgan fingerprint density at radius 3 is 2.54 bits per heavy atom. The van der Waals surface area contributed by atoms with E-state index in [9.17, 15) is 14.4 Å². The third-order valence-electron chi connectivity index (χ3n) is 5.41. The van der Waals surface area contributed by atoms with Crippen LogP contribution in [0.2, 0.25) is 0 Å². The fourth-order valence-corrected chi connectivity index (χ4v) is 3.57. The fraction of sp³-hybridized carbons (Fsp3) is 0.208. The predicted molar refractivity (Wildman–Crippen MR) is 131 cm³/mol. The number of para-hydroxylation sites is 1. The molecule has 4 rings (SSSR count). The van der Waals surface area contributed by atoms with Crippen LogP contribution in [0, 0.1) is 6.92 Å². The maximum atomic E-state index is 13.0. The lowest BCUT2D eigenvalue weighted by molar-refractivity contribution is 0.102. The number of hydrogen-bond donors (Lipinski definition) is 3. The first-order chi connectivity index (χ1) is 16.9. The number of amidine groups is 1. The van der Waals surface area contributed by atoms with Crippen molar-refractivity contribution in [2.45, 2.75) is 13.3 Å². The van der Waals surface area contributed by atoms with Gasteiger partial charge in [-0.05, 0) is 31.2 Å². The van der Waals surface area contributed by atoms with Gasteiger partial charge in [0, 0.05) is 33.1 Å². The molecule has 2 aromatic heterocycles. The van der Waals surface area contributed by atoms with Gasteiger partial charge in [0.25, 0.3) is 11.5 Å². The highest BCUT2D eigenvalue weighted by Crippen LogP contribution is 2.19. The minimum atomic E-state index is -0.546. The van der Waals surface area contributed by atoms with Crippen molar-refractivity contribution in [2.75, 3.05) is 18.9 Å². The summed E-state index contributed by atoms with van der Waals surface area (Å²) in [6, 6.07) is 12.0. The van der Waals surface area contributed by atoms with Gasteiger partial charge in [-0.3, -0.25) is 24.6 Å². The maximum Gasteiger partial charge on any atom is 0.320 e. The van der Waals surface area contributed by atoms with Gasteiger partial charge in [0.05, 0.1) is 17.6 Å². The highest BCUT2D eigenvalue weighted by molar-refractivity contribution is 6.05. The summed E-state index contributed by atoms with van der Waals surface area (Å²) >= 11 is 0. The number of rotatable bonds is 5. The van der Waals surface area contributed by atoms with Crippen LogP contribution in [0.15, 0.2) is 70.3 Å². The van der Waals surface area contributed by atoms with Crippen molar-refractivity contribution in [2.24, 2.45) is 12.0 Å². The molecule has 0 bridgehead atoms. The lowest BCUT2D eigenvalue weighted by atomic mass is 10.2. The zero-order valence-electron chi connectivity index (χ0n) is 19.5. The van der Waals surface area contributed by atoms with Gasteiger partial charge in [0.2, 0.25) is 0 Å². The number of nitrogens with one attached hydrogen (secondary N) is 3.